The highest BCUT2D eigenvalue weighted by Gasteiger charge is 2.28. The van der Waals surface area contributed by atoms with Gasteiger partial charge in [-0.3, -0.25) is 4.79 Å². The van der Waals surface area contributed by atoms with E-state index in [1.165, 1.54) is 0 Å². The lowest BCUT2D eigenvalue weighted by Crippen LogP contribution is -2.29. The molecule has 7 heteroatoms. The molecule has 3 rings (SSSR count). The topological polar surface area (TPSA) is 71.5 Å². The second kappa shape index (κ2) is 6.08. The van der Waals surface area contributed by atoms with Crippen LogP contribution >= 0.6 is 0 Å². The highest BCUT2D eigenvalue weighted by Crippen LogP contribution is 2.27. The monoisotopic (exact) mass is 315 g/mol. The van der Waals surface area contributed by atoms with Gasteiger partial charge in [0.1, 0.15) is 11.6 Å². The average molecular weight is 315 g/mol. The summed E-state index contributed by atoms with van der Waals surface area (Å²) in [6.07, 6.45) is 2.80. The van der Waals surface area contributed by atoms with Crippen LogP contribution in [0.4, 0.5) is 5.82 Å². The molecule has 0 bridgehead atoms. The maximum absolute atomic E-state index is 12.6. The fourth-order valence-corrected chi connectivity index (χ4v) is 2.79. The molecule has 2 aromatic rings. The Labute approximate surface area is 135 Å². The number of carbonyl (C=O) groups is 1. The molecule has 0 radical (unpaired) electrons. The SMILES string of the molecule is COC1CCN(c2nc3nc(C)ncc3cc2C(=O)N(C)C)C1. The first-order valence-corrected chi connectivity index (χ1v) is 7.63. The molecule has 0 aromatic carbocycles. The van der Waals surface area contributed by atoms with Crippen LogP contribution in [0.2, 0.25) is 0 Å². The van der Waals surface area contributed by atoms with Crippen molar-refractivity contribution in [2.45, 2.75) is 19.4 Å². The van der Waals surface area contributed by atoms with Crippen LogP contribution in [0.15, 0.2) is 12.3 Å². The Hall–Kier alpha value is -2.28. The first-order valence-electron chi connectivity index (χ1n) is 7.63. The predicted molar refractivity (Wildman–Crippen MR) is 87.7 cm³/mol. The molecule has 1 amide bonds. The molecule has 1 saturated heterocycles. The lowest BCUT2D eigenvalue weighted by Gasteiger charge is -2.22. The fraction of sp³-hybridized carbons (Fsp3) is 0.500. The molecule has 0 aliphatic carbocycles. The van der Waals surface area contributed by atoms with Gasteiger partial charge in [-0.15, -0.1) is 0 Å². The van der Waals surface area contributed by atoms with Gasteiger partial charge in [0.2, 0.25) is 0 Å². The number of hydrogen-bond acceptors (Lipinski definition) is 6. The molecule has 3 heterocycles. The number of aryl methyl sites for hydroxylation is 1. The first-order chi connectivity index (χ1) is 11.0. The van der Waals surface area contributed by atoms with Gasteiger partial charge in [0.25, 0.3) is 5.91 Å². The van der Waals surface area contributed by atoms with Crippen molar-refractivity contribution in [3.05, 3.63) is 23.7 Å². The van der Waals surface area contributed by atoms with Crippen LogP contribution in [0, 0.1) is 6.92 Å². The number of nitrogens with zero attached hydrogens (tertiary/aromatic N) is 5. The van der Waals surface area contributed by atoms with Gasteiger partial charge in [-0.1, -0.05) is 0 Å². The molecule has 2 aromatic heterocycles. The molecular weight excluding hydrogens is 294 g/mol. The van der Waals surface area contributed by atoms with Gasteiger partial charge in [-0.25, -0.2) is 15.0 Å². The van der Waals surface area contributed by atoms with Gasteiger partial charge in [0.15, 0.2) is 5.65 Å². The molecule has 1 fully saturated rings. The summed E-state index contributed by atoms with van der Waals surface area (Å²) in [5.41, 5.74) is 1.19. The predicted octanol–water partition coefficient (Wildman–Crippen LogP) is 1.26. The van der Waals surface area contributed by atoms with Crippen LogP contribution in [0.25, 0.3) is 11.0 Å². The largest absolute Gasteiger partial charge is 0.380 e. The smallest absolute Gasteiger partial charge is 0.257 e. The average Bonchev–Trinajstić information content (AvgIpc) is 3.01. The summed E-state index contributed by atoms with van der Waals surface area (Å²) in [7, 11) is 5.19. The number of amides is 1. The molecular formula is C16H21N5O2. The van der Waals surface area contributed by atoms with Gasteiger partial charge in [0.05, 0.1) is 11.7 Å². The van der Waals surface area contributed by atoms with Crippen LogP contribution in [0.1, 0.15) is 22.6 Å². The highest BCUT2D eigenvalue weighted by molar-refractivity contribution is 6.01. The van der Waals surface area contributed by atoms with Gasteiger partial charge >= 0.3 is 0 Å². The van der Waals surface area contributed by atoms with Gasteiger partial charge in [-0.2, -0.15) is 0 Å². The molecule has 0 N–H and O–H groups in total. The highest BCUT2D eigenvalue weighted by atomic mass is 16.5. The normalized spacial score (nSPS) is 17.7. The van der Waals surface area contributed by atoms with E-state index in [1.54, 1.807) is 32.3 Å². The lowest BCUT2D eigenvalue weighted by atomic mass is 10.1. The summed E-state index contributed by atoms with van der Waals surface area (Å²) in [6.45, 7) is 3.37. The van der Waals surface area contributed by atoms with E-state index in [4.69, 9.17) is 4.74 Å². The summed E-state index contributed by atoms with van der Waals surface area (Å²) in [5.74, 6) is 1.27. The number of fused-ring (bicyclic) bond motifs is 1. The Morgan fingerprint density at radius 2 is 2.17 bits per heavy atom. The zero-order valence-corrected chi connectivity index (χ0v) is 13.9. The van der Waals surface area contributed by atoms with Gasteiger partial charge in [0, 0.05) is 45.9 Å². The van der Waals surface area contributed by atoms with Crippen molar-refractivity contribution >= 4 is 22.8 Å². The van der Waals surface area contributed by atoms with Gasteiger partial charge < -0.3 is 14.5 Å². The van der Waals surface area contributed by atoms with Crippen molar-refractivity contribution in [2.75, 3.05) is 39.2 Å². The zero-order valence-electron chi connectivity index (χ0n) is 13.9. The third kappa shape index (κ3) is 2.96. The van der Waals surface area contributed by atoms with E-state index >= 15 is 0 Å². The maximum atomic E-state index is 12.6. The molecule has 7 nitrogen and oxygen atoms in total. The Morgan fingerprint density at radius 3 is 2.83 bits per heavy atom. The molecule has 1 atom stereocenters. The second-order valence-electron chi connectivity index (χ2n) is 5.98. The minimum absolute atomic E-state index is 0.0733. The van der Waals surface area contributed by atoms with E-state index in [-0.39, 0.29) is 12.0 Å². The van der Waals surface area contributed by atoms with E-state index in [0.29, 0.717) is 22.9 Å². The van der Waals surface area contributed by atoms with Crippen molar-refractivity contribution in [3.63, 3.8) is 0 Å². The number of hydrogen-bond donors (Lipinski definition) is 0. The molecule has 1 aliphatic heterocycles. The maximum Gasteiger partial charge on any atom is 0.257 e. The van der Waals surface area contributed by atoms with Crippen LogP contribution in [-0.4, -0.2) is 66.2 Å². The molecule has 122 valence electrons. The van der Waals surface area contributed by atoms with Crippen LogP contribution < -0.4 is 4.90 Å². The van der Waals surface area contributed by atoms with E-state index < -0.39 is 0 Å². The summed E-state index contributed by atoms with van der Waals surface area (Å²) in [6, 6.07) is 1.83. The number of pyridine rings is 1. The van der Waals surface area contributed by atoms with Crippen molar-refractivity contribution in [2.24, 2.45) is 0 Å². The summed E-state index contributed by atoms with van der Waals surface area (Å²) < 4.78 is 5.43. The zero-order chi connectivity index (χ0) is 16.6. The van der Waals surface area contributed by atoms with Gasteiger partial charge in [-0.05, 0) is 19.4 Å². The van der Waals surface area contributed by atoms with E-state index in [1.807, 2.05) is 13.0 Å². The number of carbonyl (C=O) groups excluding carboxylic acids is 1. The Kier molecular flexibility index (Phi) is 4.12. The number of rotatable bonds is 3. The molecule has 0 spiro atoms. The quantitative estimate of drug-likeness (QED) is 0.849. The van der Waals surface area contributed by atoms with Crippen molar-refractivity contribution < 1.29 is 9.53 Å². The van der Waals surface area contributed by atoms with E-state index in [9.17, 15) is 4.79 Å². The number of aromatic nitrogens is 3. The Morgan fingerprint density at radius 1 is 1.39 bits per heavy atom. The molecule has 0 saturated carbocycles. The van der Waals surface area contributed by atoms with Crippen molar-refractivity contribution in [3.8, 4) is 0 Å². The number of ether oxygens (including phenoxy) is 1. The van der Waals surface area contributed by atoms with Crippen molar-refractivity contribution in [1.29, 1.82) is 0 Å². The molecule has 1 aliphatic rings. The standard InChI is InChI=1S/C16H21N5O2/c1-10-17-8-11-7-13(16(22)20(2)3)15(19-14(11)18-10)21-6-5-12(9-21)23-4/h7-8,12H,5-6,9H2,1-4H3. The second-order valence-corrected chi connectivity index (χ2v) is 5.98. The van der Waals surface area contributed by atoms with Crippen LogP contribution in [0.5, 0.6) is 0 Å². The fourth-order valence-electron chi connectivity index (χ4n) is 2.79. The third-order valence-electron chi connectivity index (χ3n) is 4.08. The Bertz CT molecular complexity index is 747. The minimum Gasteiger partial charge on any atom is -0.380 e. The Balaban J connectivity index is 2.12. The third-order valence-corrected chi connectivity index (χ3v) is 4.08. The van der Waals surface area contributed by atoms with Crippen LogP contribution in [-0.2, 0) is 4.74 Å². The first kappa shape index (κ1) is 15.6. The number of anilines is 1. The summed E-state index contributed by atoms with van der Waals surface area (Å²) in [4.78, 5) is 29.5. The summed E-state index contributed by atoms with van der Waals surface area (Å²) >= 11 is 0. The van der Waals surface area contributed by atoms with E-state index in [2.05, 4.69) is 19.9 Å². The van der Waals surface area contributed by atoms with Crippen LogP contribution in [0.3, 0.4) is 0 Å². The van der Waals surface area contributed by atoms with Crippen molar-refractivity contribution in [1.82, 2.24) is 19.9 Å². The minimum atomic E-state index is -0.0733. The lowest BCUT2D eigenvalue weighted by molar-refractivity contribution is 0.0828. The van der Waals surface area contributed by atoms with E-state index in [0.717, 1.165) is 24.9 Å². The molecule has 1 unspecified atom stereocenters. The number of methoxy groups -OCH3 is 1. The molecule has 23 heavy (non-hydrogen) atoms. The summed E-state index contributed by atoms with van der Waals surface area (Å²) in [5, 5.41) is 0.770.